The van der Waals surface area contributed by atoms with E-state index in [2.05, 4.69) is 33.0 Å². The van der Waals surface area contributed by atoms with Crippen molar-refractivity contribution < 1.29 is 4.74 Å². The van der Waals surface area contributed by atoms with Crippen LogP contribution in [0.25, 0.3) is 0 Å². The fourth-order valence-corrected chi connectivity index (χ4v) is 2.05. The molecule has 2 atom stereocenters. The number of rotatable bonds is 5. The predicted octanol–water partition coefficient (Wildman–Crippen LogP) is 2.97. The van der Waals surface area contributed by atoms with Gasteiger partial charge in [-0.15, -0.1) is 0 Å². The SMILES string of the molecule is CCC(CNC(C)(C)C)CC1CCCO1. The molecule has 90 valence electrons. The summed E-state index contributed by atoms with van der Waals surface area (Å²) in [6.07, 6.45) is 5.55. The lowest BCUT2D eigenvalue weighted by molar-refractivity contribution is 0.0876. The highest BCUT2D eigenvalue weighted by atomic mass is 16.5. The molecular weight excluding hydrogens is 186 g/mol. The van der Waals surface area contributed by atoms with Crippen LogP contribution in [0.1, 0.15) is 53.4 Å². The highest BCUT2D eigenvalue weighted by Gasteiger charge is 2.20. The van der Waals surface area contributed by atoms with Crippen LogP contribution in [0.15, 0.2) is 0 Å². The van der Waals surface area contributed by atoms with Gasteiger partial charge in [-0.25, -0.2) is 0 Å². The van der Waals surface area contributed by atoms with Gasteiger partial charge in [-0.3, -0.25) is 0 Å². The minimum absolute atomic E-state index is 0.240. The van der Waals surface area contributed by atoms with Crippen LogP contribution in [0.5, 0.6) is 0 Å². The van der Waals surface area contributed by atoms with Crippen molar-refractivity contribution in [2.75, 3.05) is 13.2 Å². The van der Waals surface area contributed by atoms with E-state index >= 15 is 0 Å². The van der Waals surface area contributed by atoms with Gasteiger partial charge in [-0.1, -0.05) is 13.3 Å². The predicted molar refractivity (Wildman–Crippen MR) is 65.1 cm³/mol. The highest BCUT2D eigenvalue weighted by molar-refractivity contribution is 4.76. The van der Waals surface area contributed by atoms with E-state index < -0.39 is 0 Å². The Balaban J connectivity index is 2.22. The third-order valence-corrected chi connectivity index (χ3v) is 3.12. The molecule has 1 rings (SSSR count). The molecular formula is C13H27NO. The van der Waals surface area contributed by atoms with E-state index in [-0.39, 0.29) is 5.54 Å². The van der Waals surface area contributed by atoms with E-state index in [0.29, 0.717) is 6.10 Å². The molecule has 0 saturated carbocycles. The van der Waals surface area contributed by atoms with Crippen molar-refractivity contribution in [1.29, 1.82) is 0 Å². The van der Waals surface area contributed by atoms with Gasteiger partial charge in [0, 0.05) is 12.1 Å². The normalized spacial score (nSPS) is 24.4. The zero-order valence-electron chi connectivity index (χ0n) is 10.8. The maximum absolute atomic E-state index is 5.69. The van der Waals surface area contributed by atoms with Gasteiger partial charge < -0.3 is 10.1 Å². The maximum atomic E-state index is 5.69. The van der Waals surface area contributed by atoms with Gasteiger partial charge in [0.05, 0.1) is 6.10 Å². The lowest BCUT2D eigenvalue weighted by Crippen LogP contribution is -2.39. The first-order valence-electron chi connectivity index (χ1n) is 6.38. The fraction of sp³-hybridized carbons (Fsp3) is 1.00. The van der Waals surface area contributed by atoms with Crippen LogP contribution >= 0.6 is 0 Å². The Morgan fingerprint density at radius 2 is 2.13 bits per heavy atom. The molecule has 0 radical (unpaired) electrons. The Hall–Kier alpha value is -0.0800. The molecule has 1 fully saturated rings. The molecule has 2 unspecified atom stereocenters. The van der Waals surface area contributed by atoms with Crippen molar-refractivity contribution in [2.45, 2.75) is 65.0 Å². The van der Waals surface area contributed by atoms with Crippen molar-refractivity contribution in [3.8, 4) is 0 Å². The second kappa shape index (κ2) is 5.86. The van der Waals surface area contributed by atoms with E-state index in [0.717, 1.165) is 19.1 Å². The van der Waals surface area contributed by atoms with Crippen molar-refractivity contribution in [1.82, 2.24) is 5.32 Å². The molecule has 0 amide bonds. The summed E-state index contributed by atoms with van der Waals surface area (Å²) in [7, 11) is 0. The van der Waals surface area contributed by atoms with Crippen LogP contribution < -0.4 is 5.32 Å². The Morgan fingerprint density at radius 1 is 1.40 bits per heavy atom. The van der Waals surface area contributed by atoms with Gasteiger partial charge in [-0.05, 0) is 52.5 Å². The van der Waals surface area contributed by atoms with Crippen LogP contribution in [-0.4, -0.2) is 24.8 Å². The zero-order valence-corrected chi connectivity index (χ0v) is 10.8. The summed E-state index contributed by atoms with van der Waals surface area (Å²) in [4.78, 5) is 0. The molecule has 15 heavy (non-hydrogen) atoms. The third-order valence-electron chi connectivity index (χ3n) is 3.12. The van der Waals surface area contributed by atoms with Gasteiger partial charge in [0.1, 0.15) is 0 Å². The molecule has 0 bridgehead atoms. The number of nitrogens with one attached hydrogen (secondary N) is 1. The van der Waals surface area contributed by atoms with E-state index in [1.807, 2.05) is 0 Å². The molecule has 1 aliphatic heterocycles. The first kappa shape index (κ1) is 13.0. The average Bonchev–Trinajstić information content (AvgIpc) is 2.63. The molecule has 0 aromatic carbocycles. The van der Waals surface area contributed by atoms with Crippen molar-refractivity contribution in [2.24, 2.45) is 5.92 Å². The van der Waals surface area contributed by atoms with E-state index in [1.54, 1.807) is 0 Å². The molecule has 0 spiro atoms. The summed E-state index contributed by atoms with van der Waals surface area (Å²) in [5.41, 5.74) is 0.240. The molecule has 1 N–H and O–H groups in total. The Labute approximate surface area is 94.8 Å². The largest absolute Gasteiger partial charge is 0.378 e. The Bertz CT molecular complexity index is 168. The lowest BCUT2D eigenvalue weighted by Gasteiger charge is -2.26. The monoisotopic (exact) mass is 213 g/mol. The number of ether oxygens (including phenoxy) is 1. The minimum Gasteiger partial charge on any atom is -0.378 e. The van der Waals surface area contributed by atoms with Crippen molar-refractivity contribution >= 4 is 0 Å². The zero-order chi connectivity index (χ0) is 11.3. The van der Waals surface area contributed by atoms with Crippen LogP contribution in [0, 0.1) is 5.92 Å². The fourth-order valence-electron chi connectivity index (χ4n) is 2.05. The summed E-state index contributed by atoms with van der Waals surface area (Å²) in [6.45, 7) is 11.1. The van der Waals surface area contributed by atoms with Gasteiger partial charge >= 0.3 is 0 Å². The first-order valence-corrected chi connectivity index (χ1v) is 6.38. The number of hydrogen-bond acceptors (Lipinski definition) is 2. The Morgan fingerprint density at radius 3 is 2.60 bits per heavy atom. The lowest BCUT2D eigenvalue weighted by atomic mass is 9.96. The molecule has 0 aromatic heterocycles. The topological polar surface area (TPSA) is 21.3 Å². The summed E-state index contributed by atoms with van der Waals surface area (Å²) < 4.78 is 5.69. The van der Waals surface area contributed by atoms with Gasteiger partial charge in [-0.2, -0.15) is 0 Å². The van der Waals surface area contributed by atoms with Gasteiger partial charge in [0.25, 0.3) is 0 Å². The highest BCUT2D eigenvalue weighted by Crippen LogP contribution is 2.21. The second-order valence-electron chi connectivity index (χ2n) is 5.78. The quantitative estimate of drug-likeness (QED) is 0.758. The number of hydrogen-bond donors (Lipinski definition) is 1. The Kier molecular flexibility index (Phi) is 5.07. The maximum Gasteiger partial charge on any atom is 0.0579 e. The first-order chi connectivity index (χ1) is 7.01. The van der Waals surface area contributed by atoms with Gasteiger partial charge in [0.2, 0.25) is 0 Å². The van der Waals surface area contributed by atoms with E-state index in [1.165, 1.54) is 25.7 Å². The third kappa shape index (κ3) is 5.53. The summed E-state index contributed by atoms with van der Waals surface area (Å²) in [6, 6.07) is 0. The van der Waals surface area contributed by atoms with Gasteiger partial charge in [0.15, 0.2) is 0 Å². The summed E-state index contributed by atoms with van der Waals surface area (Å²) >= 11 is 0. The average molecular weight is 213 g/mol. The molecule has 1 aliphatic rings. The van der Waals surface area contributed by atoms with E-state index in [9.17, 15) is 0 Å². The molecule has 2 nitrogen and oxygen atoms in total. The summed E-state index contributed by atoms with van der Waals surface area (Å²) in [5, 5.41) is 3.59. The van der Waals surface area contributed by atoms with Crippen molar-refractivity contribution in [3.05, 3.63) is 0 Å². The van der Waals surface area contributed by atoms with Crippen LogP contribution in [-0.2, 0) is 4.74 Å². The standard InChI is InChI=1S/C13H27NO/c1-5-11(10-14-13(2,3)4)9-12-7-6-8-15-12/h11-12,14H,5-10H2,1-4H3. The van der Waals surface area contributed by atoms with Crippen LogP contribution in [0.2, 0.25) is 0 Å². The molecule has 2 heteroatoms. The molecule has 0 aromatic rings. The van der Waals surface area contributed by atoms with Crippen LogP contribution in [0.4, 0.5) is 0 Å². The summed E-state index contributed by atoms with van der Waals surface area (Å²) in [5.74, 6) is 0.771. The van der Waals surface area contributed by atoms with E-state index in [4.69, 9.17) is 4.74 Å². The van der Waals surface area contributed by atoms with Crippen molar-refractivity contribution in [3.63, 3.8) is 0 Å². The van der Waals surface area contributed by atoms with Crippen LogP contribution in [0.3, 0.4) is 0 Å². The molecule has 0 aliphatic carbocycles. The smallest absolute Gasteiger partial charge is 0.0579 e. The minimum atomic E-state index is 0.240. The molecule has 1 saturated heterocycles. The molecule has 1 heterocycles. The second-order valence-corrected chi connectivity index (χ2v) is 5.78.